The Morgan fingerprint density at radius 1 is 1.11 bits per heavy atom. The number of carbonyl (C=O) groups excluding carboxylic acids is 1. The molecule has 0 aliphatic carbocycles. The highest BCUT2D eigenvalue weighted by molar-refractivity contribution is 5.96. The smallest absolute Gasteiger partial charge is 0.322 e. The van der Waals surface area contributed by atoms with E-state index in [4.69, 9.17) is 5.11 Å². The number of nitrogens with zero attached hydrogens (tertiary/aromatic N) is 4. The van der Waals surface area contributed by atoms with Crippen LogP contribution in [0.2, 0.25) is 0 Å². The van der Waals surface area contributed by atoms with Crippen molar-refractivity contribution in [2.75, 3.05) is 24.5 Å². The third-order valence-corrected chi connectivity index (χ3v) is 6.54. The van der Waals surface area contributed by atoms with Gasteiger partial charge in [-0.2, -0.15) is 0 Å². The largest absolute Gasteiger partial charge is 0.504 e. The summed E-state index contributed by atoms with van der Waals surface area (Å²) in [5.41, 5.74) is 5.09. The van der Waals surface area contributed by atoms with Crippen LogP contribution in [0.3, 0.4) is 0 Å². The van der Waals surface area contributed by atoms with Crippen LogP contribution in [0, 0.1) is 19.8 Å². The minimum absolute atomic E-state index is 0.182. The SMILES string of the molecule is Cc1cc(Cc2cccnc2)ccc1N1CCC(Cc2nc(C)c(O)c(C(=O)NCC(=O)O)n2)CC1. The number of carbonyl (C=O) groups is 2. The summed E-state index contributed by atoms with van der Waals surface area (Å²) < 4.78 is 0. The second kappa shape index (κ2) is 11.2. The fourth-order valence-electron chi connectivity index (χ4n) is 4.67. The second-order valence-electron chi connectivity index (χ2n) is 9.29. The van der Waals surface area contributed by atoms with Crippen LogP contribution in [-0.2, 0) is 17.6 Å². The Morgan fingerprint density at radius 3 is 2.56 bits per heavy atom. The molecule has 1 aromatic carbocycles. The molecule has 0 saturated carbocycles. The zero-order chi connectivity index (χ0) is 25.7. The van der Waals surface area contributed by atoms with Crippen molar-refractivity contribution < 1.29 is 19.8 Å². The van der Waals surface area contributed by atoms with Crippen LogP contribution in [0.1, 0.15) is 51.5 Å². The molecule has 1 amide bonds. The van der Waals surface area contributed by atoms with Gasteiger partial charge in [0.15, 0.2) is 11.4 Å². The second-order valence-corrected chi connectivity index (χ2v) is 9.29. The molecule has 3 aromatic rings. The highest BCUT2D eigenvalue weighted by atomic mass is 16.4. The number of hydrogen-bond donors (Lipinski definition) is 3. The van der Waals surface area contributed by atoms with Gasteiger partial charge in [0.2, 0.25) is 0 Å². The molecular formula is C27H31N5O4. The van der Waals surface area contributed by atoms with E-state index in [0.29, 0.717) is 23.9 Å². The maximum atomic E-state index is 12.3. The van der Waals surface area contributed by atoms with E-state index in [9.17, 15) is 14.7 Å². The first-order valence-electron chi connectivity index (χ1n) is 12.1. The molecule has 36 heavy (non-hydrogen) atoms. The van der Waals surface area contributed by atoms with E-state index in [2.05, 4.69) is 56.4 Å². The Kier molecular flexibility index (Phi) is 7.77. The number of anilines is 1. The summed E-state index contributed by atoms with van der Waals surface area (Å²) in [6, 6.07) is 10.7. The Labute approximate surface area is 210 Å². The van der Waals surface area contributed by atoms with Crippen LogP contribution in [0.5, 0.6) is 5.75 Å². The van der Waals surface area contributed by atoms with Gasteiger partial charge in [0.05, 0.1) is 5.69 Å². The number of aliphatic carboxylic acids is 1. The number of amides is 1. The summed E-state index contributed by atoms with van der Waals surface area (Å²) in [6.07, 6.45) is 7.06. The molecule has 188 valence electrons. The number of nitrogens with one attached hydrogen (secondary N) is 1. The van der Waals surface area contributed by atoms with Crippen LogP contribution in [0.15, 0.2) is 42.7 Å². The lowest BCUT2D eigenvalue weighted by Gasteiger charge is -2.34. The number of piperidine rings is 1. The topological polar surface area (TPSA) is 129 Å². The van der Waals surface area contributed by atoms with Crippen LogP contribution < -0.4 is 10.2 Å². The molecule has 1 aliphatic heterocycles. The zero-order valence-electron chi connectivity index (χ0n) is 20.6. The zero-order valence-corrected chi connectivity index (χ0v) is 20.6. The number of pyridine rings is 1. The fourth-order valence-corrected chi connectivity index (χ4v) is 4.67. The Balaban J connectivity index is 1.37. The van der Waals surface area contributed by atoms with Gasteiger partial charge < -0.3 is 20.4 Å². The molecule has 9 nitrogen and oxygen atoms in total. The van der Waals surface area contributed by atoms with E-state index in [1.165, 1.54) is 22.4 Å². The number of hydrogen-bond acceptors (Lipinski definition) is 7. The van der Waals surface area contributed by atoms with Gasteiger partial charge in [0, 0.05) is 37.6 Å². The van der Waals surface area contributed by atoms with E-state index >= 15 is 0 Å². The lowest BCUT2D eigenvalue weighted by atomic mass is 9.92. The van der Waals surface area contributed by atoms with E-state index in [1.807, 2.05) is 12.3 Å². The summed E-state index contributed by atoms with van der Waals surface area (Å²) in [5.74, 6) is -1.37. The molecule has 9 heteroatoms. The van der Waals surface area contributed by atoms with Gasteiger partial charge in [0.1, 0.15) is 12.4 Å². The van der Waals surface area contributed by atoms with E-state index < -0.39 is 18.4 Å². The summed E-state index contributed by atoms with van der Waals surface area (Å²) in [7, 11) is 0. The van der Waals surface area contributed by atoms with Gasteiger partial charge in [-0.3, -0.25) is 14.6 Å². The minimum Gasteiger partial charge on any atom is -0.504 e. The normalized spacial score (nSPS) is 14.0. The van der Waals surface area contributed by atoms with Gasteiger partial charge in [-0.15, -0.1) is 0 Å². The van der Waals surface area contributed by atoms with Gasteiger partial charge in [-0.05, 0) is 67.9 Å². The number of aromatic hydroxyl groups is 1. The van der Waals surface area contributed by atoms with Crippen LogP contribution in [-0.4, -0.2) is 56.7 Å². The molecule has 0 unspecified atom stereocenters. The van der Waals surface area contributed by atoms with Gasteiger partial charge >= 0.3 is 5.97 Å². The number of aromatic nitrogens is 3. The number of rotatable bonds is 8. The van der Waals surface area contributed by atoms with Crippen LogP contribution in [0.4, 0.5) is 5.69 Å². The van der Waals surface area contributed by atoms with E-state index in [0.717, 1.165) is 32.4 Å². The number of benzene rings is 1. The number of aryl methyl sites for hydroxylation is 2. The third-order valence-electron chi connectivity index (χ3n) is 6.54. The average molecular weight is 490 g/mol. The van der Waals surface area contributed by atoms with Crippen molar-refractivity contribution in [3.63, 3.8) is 0 Å². The maximum absolute atomic E-state index is 12.3. The predicted molar refractivity (Wildman–Crippen MR) is 135 cm³/mol. The molecule has 4 rings (SSSR count). The summed E-state index contributed by atoms with van der Waals surface area (Å²) in [6.45, 7) is 5.04. The molecule has 3 N–H and O–H groups in total. The standard InChI is InChI=1S/C27H31N5O4/c1-17-12-20(13-21-4-3-9-28-15-21)5-6-22(17)32-10-7-19(8-11-32)14-23-30-18(2)26(35)25(31-23)27(36)29-16-24(33)34/h3-6,9,12,15,19,35H,7-8,10-11,13-14,16H2,1-2H3,(H,29,36)(H,33,34). The molecule has 0 radical (unpaired) electrons. The summed E-state index contributed by atoms with van der Waals surface area (Å²) in [4.78, 5) is 38.3. The Hall–Kier alpha value is -4.01. The molecule has 1 fully saturated rings. The Bertz CT molecular complexity index is 1240. The quantitative estimate of drug-likeness (QED) is 0.440. The van der Waals surface area contributed by atoms with Gasteiger partial charge in [-0.1, -0.05) is 18.2 Å². The van der Waals surface area contributed by atoms with Crippen molar-refractivity contribution in [3.05, 3.63) is 76.6 Å². The molecule has 0 spiro atoms. The summed E-state index contributed by atoms with van der Waals surface area (Å²) >= 11 is 0. The number of carboxylic acid groups (broad SMARTS) is 1. The number of carboxylic acids is 1. The van der Waals surface area contributed by atoms with Crippen molar-refractivity contribution in [1.29, 1.82) is 0 Å². The van der Waals surface area contributed by atoms with Crippen molar-refractivity contribution >= 4 is 17.6 Å². The van der Waals surface area contributed by atoms with Crippen molar-refractivity contribution in [2.24, 2.45) is 5.92 Å². The van der Waals surface area contributed by atoms with E-state index in [-0.39, 0.29) is 11.4 Å². The highest BCUT2D eigenvalue weighted by Crippen LogP contribution is 2.29. The van der Waals surface area contributed by atoms with Crippen molar-refractivity contribution in [1.82, 2.24) is 20.3 Å². The molecule has 0 atom stereocenters. The molecule has 1 saturated heterocycles. The fraction of sp³-hybridized carbons (Fsp3) is 0.370. The molecular weight excluding hydrogens is 458 g/mol. The van der Waals surface area contributed by atoms with Crippen molar-refractivity contribution in [2.45, 2.75) is 39.5 Å². The third kappa shape index (κ3) is 6.16. The first-order valence-corrected chi connectivity index (χ1v) is 12.1. The van der Waals surface area contributed by atoms with E-state index in [1.54, 1.807) is 13.1 Å². The first kappa shape index (κ1) is 25.1. The molecule has 2 aromatic heterocycles. The maximum Gasteiger partial charge on any atom is 0.322 e. The lowest BCUT2D eigenvalue weighted by molar-refractivity contribution is -0.135. The molecule has 1 aliphatic rings. The summed E-state index contributed by atoms with van der Waals surface area (Å²) in [5, 5.41) is 21.2. The van der Waals surface area contributed by atoms with Gasteiger partial charge in [0.25, 0.3) is 5.91 Å². The van der Waals surface area contributed by atoms with Crippen LogP contribution >= 0.6 is 0 Å². The van der Waals surface area contributed by atoms with Crippen molar-refractivity contribution in [3.8, 4) is 5.75 Å². The lowest BCUT2D eigenvalue weighted by Crippen LogP contribution is -2.35. The predicted octanol–water partition coefficient (Wildman–Crippen LogP) is 3.06. The minimum atomic E-state index is -1.17. The Morgan fingerprint density at radius 2 is 1.89 bits per heavy atom. The molecule has 0 bridgehead atoms. The van der Waals surface area contributed by atoms with Gasteiger partial charge in [-0.25, -0.2) is 9.97 Å². The molecule has 3 heterocycles. The highest BCUT2D eigenvalue weighted by Gasteiger charge is 2.24. The monoisotopic (exact) mass is 489 g/mol. The first-order chi connectivity index (χ1) is 17.3. The van der Waals surface area contributed by atoms with Crippen LogP contribution in [0.25, 0.3) is 0 Å². The average Bonchev–Trinajstić information content (AvgIpc) is 2.86.